The van der Waals surface area contributed by atoms with E-state index in [9.17, 15) is 0 Å². The molecule has 1 heterocycles. The number of benzene rings is 1. The number of aryl methyl sites for hydroxylation is 2. The quantitative estimate of drug-likeness (QED) is 0.877. The van der Waals surface area contributed by atoms with Crippen molar-refractivity contribution in [3.63, 3.8) is 0 Å². The molecule has 0 aliphatic rings. The van der Waals surface area contributed by atoms with Gasteiger partial charge in [0.1, 0.15) is 5.75 Å². The number of hydrogen-bond donors (Lipinski definition) is 1. The Hall–Kier alpha value is -1.77. The van der Waals surface area contributed by atoms with Crippen LogP contribution in [0, 0.1) is 0 Å². The fourth-order valence-electron chi connectivity index (χ4n) is 2.31. The molecule has 0 radical (unpaired) electrons. The Morgan fingerprint density at radius 1 is 1.17 bits per heavy atom. The Labute approximate surface area is 108 Å². The Morgan fingerprint density at radius 2 is 1.83 bits per heavy atom. The number of H-pyrrole nitrogens is 1. The Morgan fingerprint density at radius 3 is 2.28 bits per heavy atom. The predicted molar refractivity (Wildman–Crippen MR) is 73.1 cm³/mol. The summed E-state index contributed by atoms with van der Waals surface area (Å²) in [6.45, 7) is 4.37. The molecule has 96 valence electrons. The SMILES string of the molecule is CCc1cc(OC)cc(CC)c1Cc1cnc[nH]1. The monoisotopic (exact) mass is 244 g/mol. The van der Waals surface area contributed by atoms with Crippen LogP contribution < -0.4 is 4.74 Å². The lowest BCUT2D eigenvalue weighted by Gasteiger charge is -2.14. The first-order chi connectivity index (χ1) is 8.78. The summed E-state index contributed by atoms with van der Waals surface area (Å²) in [4.78, 5) is 7.26. The first kappa shape index (κ1) is 12.7. The summed E-state index contributed by atoms with van der Waals surface area (Å²) in [5.74, 6) is 0.956. The van der Waals surface area contributed by atoms with Crippen molar-refractivity contribution >= 4 is 0 Å². The smallest absolute Gasteiger partial charge is 0.119 e. The standard InChI is InChI=1S/C15H20N2O/c1-4-11-6-14(18-3)7-12(5-2)15(11)8-13-9-16-10-17-13/h6-7,9-10H,4-5,8H2,1-3H3,(H,16,17). The van der Waals surface area contributed by atoms with Gasteiger partial charge < -0.3 is 9.72 Å². The van der Waals surface area contributed by atoms with E-state index in [0.29, 0.717) is 0 Å². The van der Waals surface area contributed by atoms with Gasteiger partial charge in [0.05, 0.1) is 13.4 Å². The Kier molecular flexibility index (Phi) is 4.03. The van der Waals surface area contributed by atoms with E-state index in [4.69, 9.17) is 4.74 Å². The van der Waals surface area contributed by atoms with Gasteiger partial charge >= 0.3 is 0 Å². The maximum absolute atomic E-state index is 5.37. The molecule has 0 amide bonds. The molecular formula is C15H20N2O. The van der Waals surface area contributed by atoms with Gasteiger partial charge in [-0.2, -0.15) is 0 Å². The minimum absolute atomic E-state index is 0.913. The molecule has 0 saturated heterocycles. The molecule has 0 aliphatic heterocycles. The Bertz CT molecular complexity index is 478. The molecule has 0 atom stereocenters. The maximum atomic E-state index is 5.37. The highest BCUT2D eigenvalue weighted by Gasteiger charge is 2.10. The summed E-state index contributed by atoms with van der Waals surface area (Å²) in [6.07, 6.45) is 6.58. The van der Waals surface area contributed by atoms with E-state index < -0.39 is 0 Å². The third kappa shape index (κ3) is 2.55. The number of rotatable bonds is 5. The molecule has 2 rings (SSSR count). The summed E-state index contributed by atoms with van der Waals surface area (Å²) in [5.41, 5.74) is 5.29. The van der Waals surface area contributed by atoms with E-state index in [2.05, 4.69) is 35.9 Å². The van der Waals surface area contributed by atoms with Crippen LogP contribution >= 0.6 is 0 Å². The average molecular weight is 244 g/mol. The molecule has 0 unspecified atom stereocenters. The molecule has 2 aromatic rings. The molecule has 0 fully saturated rings. The lowest BCUT2D eigenvalue weighted by Crippen LogP contribution is -2.02. The van der Waals surface area contributed by atoms with Crippen LogP contribution in [0.4, 0.5) is 0 Å². The molecule has 1 aromatic carbocycles. The van der Waals surface area contributed by atoms with Gasteiger partial charge in [-0.05, 0) is 41.7 Å². The number of nitrogens with one attached hydrogen (secondary N) is 1. The third-order valence-electron chi connectivity index (χ3n) is 3.33. The lowest BCUT2D eigenvalue weighted by molar-refractivity contribution is 0.413. The van der Waals surface area contributed by atoms with Crippen molar-refractivity contribution in [1.29, 1.82) is 0 Å². The normalized spacial score (nSPS) is 10.6. The van der Waals surface area contributed by atoms with E-state index in [0.717, 1.165) is 30.7 Å². The molecule has 0 spiro atoms. The minimum Gasteiger partial charge on any atom is -0.497 e. The number of imidazole rings is 1. The van der Waals surface area contributed by atoms with E-state index >= 15 is 0 Å². The molecule has 0 aliphatic carbocycles. The third-order valence-corrected chi connectivity index (χ3v) is 3.33. The van der Waals surface area contributed by atoms with Gasteiger partial charge in [0.2, 0.25) is 0 Å². The van der Waals surface area contributed by atoms with Gasteiger partial charge in [-0.3, -0.25) is 0 Å². The molecule has 0 saturated carbocycles. The topological polar surface area (TPSA) is 37.9 Å². The summed E-state index contributed by atoms with van der Waals surface area (Å²) in [5, 5.41) is 0. The van der Waals surface area contributed by atoms with Gasteiger partial charge in [-0.25, -0.2) is 4.98 Å². The van der Waals surface area contributed by atoms with Gasteiger partial charge in [0, 0.05) is 18.3 Å². The summed E-state index contributed by atoms with van der Waals surface area (Å²) in [6, 6.07) is 4.29. The van der Waals surface area contributed by atoms with Crippen molar-refractivity contribution < 1.29 is 4.74 Å². The number of aromatic amines is 1. The number of aromatic nitrogens is 2. The highest BCUT2D eigenvalue weighted by Crippen LogP contribution is 2.25. The van der Waals surface area contributed by atoms with E-state index in [-0.39, 0.29) is 0 Å². The van der Waals surface area contributed by atoms with Crippen LogP contribution in [0.3, 0.4) is 0 Å². The van der Waals surface area contributed by atoms with Gasteiger partial charge in [0.25, 0.3) is 0 Å². The van der Waals surface area contributed by atoms with Gasteiger partial charge in [-0.1, -0.05) is 13.8 Å². The van der Waals surface area contributed by atoms with E-state index in [1.807, 2.05) is 6.20 Å². The van der Waals surface area contributed by atoms with Crippen molar-refractivity contribution in [2.75, 3.05) is 7.11 Å². The highest BCUT2D eigenvalue weighted by atomic mass is 16.5. The predicted octanol–water partition coefficient (Wildman–Crippen LogP) is 3.13. The molecule has 1 N–H and O–H groups in total. The summed E-state index contributed by atoms with van der Waals surface area (Å²) < 4.78 is 5.37. The summed E-state index contributed by atoms with van der Waals surface area (Å²) in [7, 11) is 1.72. The zero-order valence-electron chi connectivity index (χ0n) is 11.3. The van der Waals surface area contributed by atoms with Crippen molar-refractivity contribution in [3.05, 3.63) is 47.0 Å². The zero-order valence-corrected chi connectivity index (χ0v) is 11.3. The second kappa shape index (κ2) is 5.71. The van der Waals surface area contributed by atoms with Gasteiger partial charge in [-0.15, -0.1) is 0 Å². The van der Waals surface area contributed by atoms with Crippen molar-refractivity contribution in [2.45, 2.75) is 33.1 Å². The molecule has 18 heavy (non-hydrogen) atoms. The minimum atomic E-state index is 0.913. The average Bonchev–Trinajstić information content (AvgIpc) is 2.91. The first-order valence-corrected chi connectivity index (χ1v) is 6.44. The van der Waals surface area contributed by atoms with Crippen LogP contribution in [-0.2, 0) is 19.3 Å². The number of hydrogen-bond acceptors (Lipinski definition) is 2. The highest BCUT2D eigenvalue weighted by molar-refractivity contribution is 5.44. The van der Waals surface area contributed by atoms with Crippen molar-refractivity contribution in [1.82, 2.24) is 9.97 Å². The van der Waals surface area contributed by atoms with Crippen LogP contribution in [0.5, 0.6) is 5.75 Å². The largest absolute Gasteiger partial charge is 0.497 e. The number of nitrogens with zero attached hydrogens (tertiary/aromatic N) is 1. The van der Waals surface area contributed by atoms with E-state index in [1.165, 1.54) is 16.7 Å². The fourth-order valence-corrected chi connectivity index (χ4v) is 2.31. The maximum Gasteiger partial charge on any atom is 0.119 e. The van der Waals surface area contributed by atoms with Crippen LogP contribution in [0.2, 0.25) is 0 Å². The van der Waals surface area contributed by atoms with Crippen LogP contribution in [0.1, 0.15) is 36.2 Å². The van der Waals surface area contributed by atoms with Crippen LogP contribution in [0.15, 0.2) is 24.7 Å². The molecule has 3 heteroatoms. The second-order valence-electron chi connectivity index (χ2n) is 4.38. The number of ether oxygens (including phenoxy) is 1. The van der Waals surface area contributed by atoms with Crippen molar-refractivity contribution in [3.8, 4) is 5.75 Å². The van der Waals surface area contributed by atoms with E-state index in [1.54, 1.807) is 13.4 Å². The number of methoxy groups -OCH3 is 1. The molecular weight excluding hydrogens is 224 g/mol. The van der Waals surface area contributed by atoms with Crippen LogP contribution in [0.25, 0.3) is 0 Å². The van der Waals surface area contributed by atoms with Crippen LogP contribution in [-0.4, -0.2) is 17.1 Å². The summed E-state index contributed by atoms with van der Waals surface area (Å²) >= 11 is 0. The van der Waals surface area contributed by atoms with Gasteiger partial charge in [0.15, 0.2) is 0 Å². The first-order valence-electron chi connectivity index (χ1n) is 6.44. The fraction of sp³-hybridized carbons (Fsp3) is 0.400. The zero-order chi connectivity index (χ0) is 13.0. The Balaban J connectivity index is 2.43. The molecule has 0 bridgehead atoms. The second-order valence-corrected chi connectivity index (χ2v) is 4.38. The molecule has 3 nitrogen and oxygen atoms in total. The molecule has 1 aromatic heterocycles. The lowest BCUT2D eigenvalue weighted by atomic mass is 9.94. The van der Waals surface area contributed by atoms with Crippen molar-refractivity contribution in [2.24, 2.45) is 0 Å².